The summed E-state index contributed by atoms with van der Waals surface area (Å²) in [5.41, 5.74) is 0.460. The summed E-state index contributed by atoms with van der Waals surface area (Å²) in [6, 6.07) is 0. The van der Waals surface area contributed by atoms with Crippen molar-refractivity contribution < 1.29 is 9.90 Å². The summed E-state index contributed by atoms with van der Waals surface area (Å²) in [5, 5.41) is 10.4. The first-order chi connectivity index (χ1) is 9.47. The first kappa shape index (κ1) is 13.3. The zero-order valence-corrected chi connectivity index (χ0v) is 12.9. The van der Waals surface area contributed by atoms with Crippen LogP contribution in [0.3, 0.4) is 0 Å². The van der Waals surface area contributed by atoms with Crippen LogP contribution in [0.25, 0.3) is 0 Å². The molecule has 0 spiro atoms. The summed E-state index contributed by atoms with van der Waals surface area (Å²) in [6.45, 7) is 4.74. The molecule has 112 valence electrons. The van der Waals surface area contributed by atoms with Crippen LogP contribution < -0.4 is 0 Å². The Kier molecular flexibility index (Phi) is 2.72. The van der Waals surface area contributed by atoms with E-state index in [1.54, 1.807) is 0 Å². The number of aliphatic hydroxyl groups is 1. The van der Waals surface area contributed by atoms with E-state index in [0.717, 1.165) is 37.5 Å². The minimum atomic E-state index is -0.0795. The van der Waals surface area contributed by atoms with Crippen molar-refractivity contribution >= 4 is 5.78 Å². The molecule has 4 rings (SSSR count). The highest BCUT2D eigenvalue weighted by molar-refractivity contribution is 5.84. The molecule has 0 aliphatic heterocycles. The minimum absolute atomic E-state index is 0.0795. The molecule has 4 saturated carbocycles. The molecule has 0 aromatic heterocycles. The van der Waals surface area contributed by atoms with Crippen LogP contribution in [0.5, 0.6) is 0 Å². The molecule has 20 heavy (non-hydrogen) atoms. The maximum atomic E-state index is 12.2. The molecule has 0 amide bonds. The Morgan fingerprint density at radius 3 is 2.50 bits per heavy atom. The van der Waals surface area contributed by atoms with E-state index in [4.69, 9.17) is 0 Å². The average Bonchev–Trinajstić information content (AvgIpc) is 2.89. The van der Waals surface area contributed by atoms with Gasteiger partial charge in [-0.05, 0) is 73.5 Å². The second-order valence-electron chi connectivity index (χ2n) is 8.62. The second kappa shape index (κ2) is 4.09. The van der Waals surface area contributed by atoms with Gasteiger partial charge in [0.05, 0.1) is 6.10 Å². The van der Waals surface area contributed by atoms with Crippen molar-refractivity contribution in [1.82, 2.24) is 0 Å². The predicted octanol–water partition coefficient (Wildman–Crippen LogP) is 3.57. The lowest BCUT2D eigenvalue weighted by atomic mass is 9.48. The Morgan fingerprint density at radius 2 is 1.70 bits per heavy atom. The van der Waals surface area contributed by atoms with Gasteiger partial charge in [-0.2, -0.15) is 0 Å². The van der Waals surface area contributed by atoms with Gasteiger partial charge in [-0.25, -0.2) is 0 Å². The molecule has 4 aliphatic carbocycles. The number of ketones is 1. The normalized spacial score (nSPS) is 58.1. The van der Waals surface area contributed by atoms with Crippen LogP contribution in [0.15, 0.2) is 0 Å². The molecular weight excluding hydrogens is 248 g/mol. The molecule has 0 aromatic carbocycles. The second-order valence-corrected chi connectivity index (χ2v) is 8.62. The van der Waals surface area contributed by atoms with Gasteiger partial charge in [-0.15, -0.1) is 0 Å². The first-order valence-electron chi connectivity index (χ1n) is 8.67. The minimum Gasteiger partial charge on any atom is -0.393 e. The van der Waals surface area contributed by atoms with E-state index in [0.29, 0.717) is 17.6 Å². The molecule has 4 fully saturated rings. The average molecular weight is 276 g/mol. The van der Waals surface area contributed by atoms with Gasteiger partial charge in [-0.1, -0.05) is 13.8 Å². The Labute approximate surface area is 122 Å². The van der Waals surface area contributed by atoms with Crippen LogP contribution in [0.2, 0.25) is 0 Å². The van der Waals surface area contributed by atoms with Gasteiger partial charge >= 0.3 is 0 Å². The van der Waals surface area contributed by atoms with Gasteiger partial charge < -0.3 is 5.11 Å². The van der Waals surface area contributed by atoms with Crippen LogP contribution in [0, 0.1) is 34.5 Å². The first-order valence-corrected chi connectivity index (χ1v) is 8.67. The van der Waals surface area contributed by atoms with E-state index in [1.807, 2.05) is 0 Å². The molecule has 0 bridgehead atoms. The maximum Gasteiger partial charge on any atom is 0.136 e. The van der Waals surface area contributed by atoms with E-state index in [2.05, 4.69) is 13.8 Å². The van der Waals surface area contributed by atoms with Crippen LogP contribution in [-0.2, 0) is 4.79 Å². The third kappa shape index (κ3) is 1.47. The van der Waals surface area contributed by atoms with E-state index < -0.39 is 0 Å². The van der Waals surface area contributed by atoms with Gasteiger partial charge in [0.1, 0.15) is 5.78 Å². The highest BCUT2D eigenvalue weighted by Gasteiger charge is 2.61. The number of aliphatic hydroxyl groups excluding tert-OH is 1. The SMILES string of the molecule is C[C@]12CC[C@H]3[C@@H](CCC4C(=O)CC[C@@]43C)[C@@H]1CC[C@@H]2O. The summed E-state index contributed by atoms with van der Waals surface area (Å²) >= 11 is 0. The number of hydrogen-bond donors (Lipinski definition) is 1. The number of fused-ring (bicyclic) bond motifs is 5. The molecule has 0 aromatic rings. The van der Waals surface area contributed by atoms with Gasteiger partial charge in [0.15, 0.2) is 0 Å². The van der Waals surface area contributed by atoms with Crippen LogP contribution in [0.1, 0.15) is 65.2 Å². The van der Waals surface area contributed by atoms with E-state index in [1.165, 1.54) is 25.7 Å². The lowest BCUT2D eigenvalue weighted by Gasteiger charge is -2.56. The number of Topliss-reactive ketones (excluding diaryl/α,β-unsaturated/α-hetero) is 1. The third-order valence-corrected chi connectivity index (χ3v) is 8.12. The number of hydrogen-bond acceptors (Lipinski definition) is 2. The summed E-state index contributed by atoms with van der Waals surface area (Å²) in [6.07, 6.45) is 8.88. The highest BCUT2D eigenvalue weighted by atomic mass is 16.3. The van der Waals surface area contributed by atoms with Crippen LogP contribution in [-0.4, -0.2) is 17.0 Å². The van der Waals surface area contributed by atoms with Gasteiger partial charge in [0.25, 0.3) is 0 Å². The third-order valence-electron chi connectivity index (χ3n) is 8.12. The van der Waals surface area contributed by atoms with Crippen LogP contribution >= 0.6 is 0 Å². The Hall–Kier alpha value is -0.370. The van der Waals surface area contributed by atoms with Crippen molar-refractivity contribution in [2.75, 3.05) is 0 Å². The molecule has 0 heterocycles. The Bertz CT molecular complexity index is 445. The summed E-state index contributed by atoms with van der Waals surface area (Å²) < 4.78 is 0. The Morgan fingerprint density at radius 1 is 0.950 bits per heavy atom. The molecule has 1 N–H and O–H groups in total. The van der Waals surface area contributed by atoms with Crippen molar-refractivity contribution in [3.05, 3.63) is 0 Å². The smallest absolute Gasteiger partial charge is 0.136 e. The summed E-state index contributed by atoms with van der Waals surface area (Å²) in [4.78, 5) is 12.2. The van der Waals surface area contributed by atoms with Crippen molar-refractivity contribution in [2.24, 2.45) is 34.5 Å². The van der Waals surface area contributed by atoms with Gasteiger partial charge in [-0.3, -0.25) is 4.79 Å². The van der Waals surface area contributed by atoms with Crippen LogP contribution in [0.4, 0.5) is 0 Å². The monoisotopic (exact) mass is 276 g/mol. The molecule has 1 unspecified atom stereocenters. The standard InChI is InChI=1S/C18H28O2/c1-17-10-8-15(19)14(17)4-3-11-12-5-6-16(20)18(12,2)9-7-13(11)17/h11-14,16,20H,3-10H2,1-2H3/t11-,12-,13-,14?,16-,17+,18-/m0/s1. The van der Waals surface area contributed by atoms with Gasteiger partial charge in [0, 0.05) is 12.3 Å². The molecule has 4 aliphatic rings. The summed E-state index contributed by atoms with van der Waals surface area (Å²) in [7, 11) is 0. The lowest BCUT2D eigenvalue weighted by molar-refractivity contribution is -0.132. The van der Waals surface area contributed by atoms with E-state index in [9.17, 15) is 9.90 Å². The van der Waals surface area contributed by atoms with E-state index in [-0.39, 0.29) is 16.9 Å². The maximum absolute atomic E-state index is 12.2. The fourth-order valence-corrected chi connectivity index (χ4v) is 6.88. The van der Waals surface area contributed by atoms with E-state index >= 15 is 0 Å². The van der Waals surface area contributed by atoms with Crippen molar-refractivity contribution in [1.29, 1.82) is 0 Å². The molecule has 0 radical (unpaired) electrons. The van der Waals surface area contributed by atoms with Crippen molar-refractivity contribution in [3.63, 3.8) is 0 Å². The molecule has 7 atom stereocenters. The molecule has 2 nitrogen and oxygen atoms in total. The quantitative estimate of drug-likeness (QED) is 0.734. The van der Waals surface area contributed by atoms with Crippen molar-refractivity contribution in [3.8, 4) is 0 Å². The molecular formula is C18H28O2. The topological polar surface area (TPSA) is 37.3 Å². The van der Waals surface area contributed by atoms with Gasteiger partial charge in [0.2, 0.25) is 0 Å². The fourth-order valence-electron chi connectivity index (χ4n) is 6.88. The zero-order chi connectivity index (χ0) is 14.1. The fraction of sp³-hybridized carbons (Fsp3) is 0.944. The van der Waals surface area contributed by atoms with Crippen molar-refractivity contribution in [2.45, 2.75) is 71.3 Å². The lowest BCUT2D eigenvalue weighted by Crippen LogP contribution is -2.51. The number of rotatable bonds is 0. The zero-order valence-electron chi connectivity index (χ0n) is 12.9. The summed E-state index contributed by atoms with van der Waals surface area (Å²) in [5.74, 6) is 3.14. The number of carbonyl (C=O) groups excluding carboxylic acids is 1. The predicted molar refractivity (Wildman–Crippen MR) is 78.1 cm³/mol. The number of carbonyl (C=O) groups is 1. The highest BCUT2D eigenvalue weighted by Crippen LogP contribution is 2.66. The Balaban J connectivity index is 1.67. The largest absolute Gasteiger partial charge is 0.393 e. The molecule has 0 saturated heterocycles. The molecule has 2 heteroatoms.